The number of alkyl halides is 3. The zero-order chi connectivity index (χ0) is 18.4. The molecule has 1 rings (SSSR count). The zero-order valence-electron chi connectivity index (χ0n) is 12.5. The Morgan fingerprint density at radius 1 is 1.22 bits per heavy atom. The van der Waals surface area contributed by atoms with Gasteiger partial charge in [-0.25, -0.2) is 13.2 Å². The van der Waals surface area contributed by atoms with E-state index in [-0.39, 0.29) is 16.9 Å². The summed E-state index contributed by atoms with van der Waals surface area (Å²) in [5, 5.41) is 0. The summed E-state index contributed by atoms with van der Waals surface area (Å²) < 4.78 is 64.0. The Labute approximate surface area is 135 Å². The Morgan fingerprint density at radius 3 is 1.87 bits per heavy atom. The average Bonchev–Trinajstić information content (AvgIpc) is 2.37. The van der Waals surface area contributed by atoms with Gasteiger partial charge >= 0.3 is 11.5 Å². The Hall–Kier alpha value is -1.52. The Morgan fingerprint density at radius 2 is 1.61 bits per heavy atom. The van der Waals surface area contributed by atoms with Crippen molar-refractivity contribution < 1.29 is 35.7 Å². The van der Waals surface area contributed by atoms with Gasteiger partial charge in [0.2, 0.25) is 0 Å². The van der Waals surface area contributed by atoms with Gasteiger partial charge in [0.1, 0.15) is 18.3 Å². The number of halogens is 3. The topological polar surface area (TPSA) is 83.5 Å². The van der Waals surface area contributed by atoms with Crippen LogP contribution in [0.2, 0.25) is 0 Å². The van der Waals surface area contributed by atoms with Crippen molar-refractivity contribution in [1.82, 2.24) is 0 Å². The monoisotopic (exact) mass is 372 g/mol. The second-order valence-electron chi connectivity index (χ2n) is 4.36. The molecule has 0 aromatic heterocycles. The number of carbonyl (C=O) groups is 1. The quantitative estimate of drug-likeness (QED) is 0.203. The van der Waals surface area contributed by atoms with Crippen LogP contribution >= 0.6 is 0 Å². The molecule has 5 nitrogen and oxygen atoms in total. The average molecular weight is 372 g/mol. The molecule has 0 saturated heterocycles. The van der Waals surface area contributed by atoms with Gasteiger partial charge in [0, 0.05) is 16.5 Å². The SMILES string of the molecule is C=C(C)C(=O)Oc1ccc([S+](C)C)cc1.O=S(=O)([O-])C(F)(F)F. The fourth-order valence-electron chi connectivity index (χ4n) is 0.974. The number of hydrogen-bond acceptors (Lipinski definition) is 5. The highest BCUT2D eigenvalue weighted by molar-refractivity contribution is 7.95. The molecule has 130 valence electrons. The van der Waals surface area contributed by atoms with Crippen LogP contribution in [0.15, 0.2) is 41.3 Å². The number of rotatable bonds is 3. The first-order valence-electron chi connectivity index (χ1n) is 5.83. The summed E-state index contributed by atoms with van der Waals surface area (Å²) in [4.78, 5) is 12.5. The molecule has 23 heavy (non-hydrogen) atoms. The van der Waals surface area contributed by atoms with Gasteiger partial charge in [0.15, 0.2) is 15.0 Å². The van der Waals surface area contributed by atoms with Crippen molar-refractivity contribution in [2.45, 2.75) is 17.3 Å². The lowest BCUT2D eigenvalue weighted by molar-refractivity contribution is -0.130. The molecule has 0 unspecified atom stereocenters. The lowest BCUT2D eigenvalue weighted by atomic mass is 10.3. The molecule has 0 aliphatic heterocycles. The second-order valence-corrected chi connectivity index (χ2v) is 7.83. The van der Waals surface area contributed by atoms with E-state index in [2.05, 4.69) is 19.1 Å². The third kappa shape index (κ3) is 8.05. The van der Waals surface area contributed by atoms with Gasteiger partial charge in [-0.3, -0.25) is 0 Å². The number of esters is 1. The van der Waals surface area contributed by atoms with Crippen molar-refractivity contribution in [2.24, 2.45) is 0 Å². The molecule has 0 fully saturated rings. The number of hydrogen-bond donors (Lipinski definition) is 0. The van der Waals surface area contributed by atoms with Gasteiger partial charge < -0.3 is 9.29 Å². The van der Waals surface area contributed by atoms with Crippen molar-refractivity contribution in [3.05, 3.63) is 36.4 Å². The van der Waals surface area contributed by atoms with Crippen molar-refractivity contribution in [3.8, 4) is 5.75 Å². The normalized spacial score (nSPS) is 11.5. The standard InChI is InChI=1S/C12H15O2S.CHF3O3S/c1-9(2)12(13)14-10-5-7-11(8-6-10)15(3)4;2-1(3,4)8(5,6)7/h5-8H,1H2,2-4H3;(H,5,6,7)/q+1;/p-1. The molecular weight excluding hydrogens is 357 g/mol. The van der Waals surface area contributed by atoms with Crippen LogP contribution in [0.1, 0.15) is 6.92 Å². The van der Waals surface area contributed by atoms with E-state index in [1.165, 1.54) is 4.90 Å². The summed E-state index contributed by atoms with van der Waals surface area (Å²) in [5.41, 5.74) is -5.24. The molecule has 0 bridgehead atoms. The van der Waals surface area contributed by atoms with Gasteiger partial charge in [-0.05, 0) is 31.2 Å². The molecule has 0 aliphatic carbocycles. The van der Waals surface area contributed by atoms with E-state index in [0.717, 1.165) is 0 Å². The minimum Gasteiger partial charge on any atom is -0.741 e. The maximum Gasteiger partial charge on any atom is 0.485 e. The van der Waals surface area contributed by atoms with E-state index in [1.54, 1.807) is 6.92 Å². The van der Waals surface area contributed by atoms with E-state index in [4.69, 9.17) is 17.7 Å². The minimum absolute atomic E-state index is 0.233. The van der Waals surface area contributed by atoms with E-state index >= 15 is 0 Å². The summed E-state index contributed by atoms with van der Waals surface area (Å²) in [7, 11) is -5.86. The summed E-state index contributed by atoms with van der Waals surface area (Å²) >= 11 is 0. The summed E-state index contributed by atoms with van der Waals surface area (Å²) in [6.45, 7) is 5.15. The molecule has 0 heterocycles. The molecule has 0 N–H and O–H groups in total. The fraction of sp³-hybridized carbons (Fsp3) is 0.308. The zero-order valence-corrected chi connectivity index (χ0v) is 14.1. The van der Waals surface area contributed by atoms with Gasteiger partial charge in [0.25, 0.3) is 0 Å². The molecule has 1 aromatic rings. The van der Waals surface area contributed by atoms with Gasteiger partial charge in [-0.15, -0.1) is 0 Å². The highest BCUT2D eigenvalue weighted by Gasteiger charge is 2.36. The first kappa shape index (κ1) is 21.5. The summed E-state index contributed by atoms with van der Waals surface area (Å²) in [6, 6.07) is 7.57. The van der Waals surface area contributed by atoms with Crippen LogP contribution in [-0.4, -0.2) is 37.0 Å². The Kier molecular flexibility index (Phi) is 7.81. The predicted molar refractivity (Wildman–Crippen MR) is 80.1 cm³/mol. The fourth-order valence-corrected chi connectivity index (χ4v) is 1.65. The second kappa shape index (κ2) is 8.37. The van der Waals surface area contributed by atoms with E-state index in [1.807, 2.05) is 24.3 Å². The predicted octanol–water partition coefficient (Wildman–Crippen LogP) is 2.46. The summed E-state index contributed by atoms with van der Waals surface area (Å²) in [5.74, 6) is 0.187. The highest BCUT2D eigenvalue weighted by atomic mass is 32.2. The molecule has 0 atom stereocenters. The van der Waals surface area contributed by atoms with Gasteiger partial charge in [-0.2, -0.15) is 13.2 Å². The molecule has 0 radical (unpaired) electrons. The van der Waals surface area contributed by atoms with E-state index in [9.17, 15) is 18.0 Å². The van der Waals surface area contributed by atoms with Crippen LogP contribution in [0.3, 0.4) is 0 Å². The lowest BCUT2D eigenvalue weighted by Gasteiger charge is -2.08. The Bertz CT molecular complexity index is 649. The van der Waals surface area contributed by atoms with Crippen LogP contribution < -0.4 is 4.74 Å². The molecule has 0 saturated carbocycles. The van der Waals surface area contributed by atoms with Crippen LogP contribution in [0.4, 0.5) is 13.2 Å². The van der Waals surface area contributed by atoms with E-state index < -0.39 is 15.6 Å². The van der Waals surface area contributed by atoms with Gasteiger partial charge in [0.05, 0.1) is 0 Å². The molecule has 0 amide bonds. The smallest absolute Gasteiger partial charge is 0.485 e. The number of benzene rings is 1. The maximum absolute atomic E-state index is 11.2. The van der Waals surface area contributed by atoms with Crippen molar-refractivity contribution in [3.63, 3.8) is 0 Å². The van der Waals surface area contributed by atoms with Crippen LogP contribution in [0.5, 0.6) is 5.75 Å². The van der Waals surface area contributed by atoms with E-state index in [0.29, 0.717) is 11.3 Å². The molecule has 0 spiro atoms. The minimum atomic E-state index is -6.09. The van der Waals surface area contributed by atoms with Crippen molar-refractivity contribution in [2.75, 3.05) is 12.5 Å². The third-order valence-electron chi connectivity index (χ3n) is 2.14. The summed E-state index contributed by atoms with van der Waals surface area (Å²) in [6.07, 6.45) is 4.30. The molecular formula is C13H15F3O5S2. The molecule has 0 aliphatic rings. The van der Waals surface area contributed by atoms with Crippen LogP contribution in [0.25, 0.3) is 0 Å². The first-order valence-corrected chi connectivity index (χ1v) is 9.28. The molecule has 10 heteroatoms. The largest absolute Gasteiger partial charge is 0.741 e. The third-order valence-corrected chi connectivity index (χ3v) is 3.92. The Balaban J connectivity index is 0.000000515. The van der Waals surface area contributed by atoms with Crippen LogP contribution in [-0.2, 0) is 25.8 Å². The number of ether oxygens (including phenoxy) is 1. The highest BCUT2D eigenvalue weighted by Crippen LogP contribution is 2.20. The van der Waals surface area contributed by atoms with Crippen molar-refractivity contribution in [1.29, 1.82) is 0 Å². The molecule has 1 aromatic carbocycles. The lowest BCUT2D eigenvalue weighted by Crippen LogP contribution is -2.21. The van der Waals surface area contributed by atoms with Crippen LogP contribution in [0, 0.1) is 0 Å². The number of carbonyl (C=O) groups excluding carboxylic acids is 1. The maximum atomic E-state index is 11.2. The van der Waals surface area contributed by atoms with Crippen molar-refractivity contribution >= 4 is 27.0 Å². The van der Waals surface area contributed by atoms with Gasteiger partial charge in [-0.1, -0.05) is 6.58 Å². The first-order chi connectivity index (χ1) is 10.3.